The number of hydrogen-bond donors (Lipinski definition) is 5. The van der Waals surface area contributed by atoms with Gasteiger partial charge in [-0.1, -0.05) is 193 Å². The average Bonchev–Trinajstić information content (AvgIpc) is 3.20. The van der Waals surface area contributed by atoms with Crippen LogP contribution in [0.25, 0.3) is 0 Å². The second kappa shape index (κ2) is 38.3. The van der Waals surface area contributed by atoms with E-state index in [0.29, 0.717) is 6.42 Å². The number of rotatable bonds is 8. The Morgan fingerprint density at radius 3 is 0.796 bits per heavy atom. The number of aliphatic hydroxyl groups is 5. The molecule has 8 nitrogen and oxygen atoms in total. The van der Waals surface area contributed by atoms with Crippen molar-refractivity contribution >= 4 is 11.9 Å². The molecule has 5 N–H and O–H groups in total. The van der Waals surface area contributed by atoms with Gasteiger partial charge in [0, 0.05) is 22.0 Å². The molecule has 0 unspecified atom stereocenters. The Morgan fingerprint density at radius 2 is 0.667 bits per heavy atom. The molecule has 0 aromatic rings. The highest BCUT2D eigenvalue weighted by Crippen LogP contribution is 2.32. The lowest BCUT2D eigenvalue weighted by atomic mass is 9.78. The minimum Gasteiger partial charge on any atom is -0.396 e. The fraction of sp³-hybridized carbons (Fsp3) is 0.870. The summed E-state index contributed by atoms with van der Waals surface area (Å²) in [7, 11) is 0. The second-order valence-corrected chi connectivity index (χ2v) is 16.4. The lowest BCUT2D eigenvalue weighted by Crippen LogP contribution is -2.32. The smallest absolute Gasteiger partial charge is 0.340 e. The van der Waals surface area contributed by atoms with Gasteiger partial charge in [-0.15, -0.1) is 0 Å². The van der Waals surface area contributed by atoms with Gasteiger partial charge in [0.05, 0.1) is 33.0 Å². The van der Waals surface area contributed by atoms with Gasteiger partial charge in [0.15, 0.2) is 0 Å². The summed E-state index contributed by atoms with van der Waals surface area (Å²) >= 11 is 0. The fourth-order valence-electron chi connectivity index (χ4n) is 6.65. The van der Waals surface area contributed by atoms with Crippen molar-refractivity contribution < 1.29 is 39.9 Å². The van der Waals surface area contributed by atoms with Crippen LogP contribution in [0.5, 0.6) is 0 Å². The molecule has 3 aliphatic rings. The van der Waals surface area contributed by atoms with Gasteiger partial charge < -0.3 is 30.3 Å². The first-order valence-corrected chi connectivity index (χ1v) is 22.1. The Morgan fingerprint density at radius 1 is 0.463 bits per heavy atom. The zero-order chi connectivity index (χ0) is 40.8. The molecule has 0 spiro atoms. The largest absolute Gasteiger partial charge is 0.396 e. The third-order valence-electron chi connectivity index (χ3n) is 11.2. The zero-order valence-corrected chi connectivity index (χ0v) is 35.6. The molecular weight excluding hydrogens is 680 g/mol. The number of ether oxygens (including phenoxy) is 1. The van der Waals surface area contributed by atoms with E-state index < -0.39 is 17.4 Å². The maximum absolute atomic E-state index is 10.7. The van der Waals surface area contributed by atoms with E-state index in [-0.39, 0.29) is 49.6 Å². The van der Waals surface area contributed by atoms with Crippen LogP contribution >= 0.6 is 0 Å². The van der Waals surface area contributed by atoms with Crippen LogP contribution < -0.4 is 0 Å². The van der Waals surface area contributed by atoms with Gasteiger partial charge in [0.25, 0.3) is 0 Å². The standard InChI is InChI=1S/C12H24O2.2C10H20.C8H10O3.C6H14O3/c13-10-12(11-14)8-6-4-2-1-3-5-7-9-12;2*1-2-4-6-8-10-9-7-5-3-1;1-5(2)7(9)11-8(10)6(3)4;1-2-6(3-7,4-8)5-9/h13-14H,1-11H2;2*1-10H2;1,3H2,2,4H3;7-9H,2-5H2,1H3. The first-order chi connectivity index (χ1) is 26.0. The van der Waals surface area contributed by atoms with Gasteiger partial charge in [-0.25, -0.2) is 9.59 Å². The van der Waals surface area contributed by atoms with Crippen LogP contribution in [0.4, 0.5) is 0 Å². The lowest BCUT2D eigenvalue weighted by molar-refractivity contribution is -0.153. The minimum absolute atomic E-state index is 0.156. The molecule has 320 valence electrons. The predicted molar refractivity (Wildman–Crippen MR) is 225 cm³/mol. The first-order valence-electron chi connectivity index (χ1n) is 22.1. The van der Waals surface area contributed by atoms with Crippen molar-refractivity contribution in [1.82, 2.24) is 0 Å². The number of carbonyl (C=O) groups excluding carboxylic acids is 2. The average molecular weight is 769 g/mol. The van der Waals surface area contributed by atoms with Crippen molar-refractivity contribution in [2.75, 3.05) is 33.0 Å². The van der Waals surface area contributed by atoms with Crippen LogP contribution in [0.3, 0.4) is 0 Å². The van der Waals surface area contributed by atoms with Gasteiger partial charge in [0.2, 0.25) is 0 Å². The van der Waals surface area contributed by atoms with E-state index >= 15 is 0 Å². The number of carbonyl (C=O) groups is 2. The van der Waals surface area contributed by atoms with Crippen molar-refractivity contribution in [1.29, 1.82) is 0 Å². The summed E-state index contributed by atoms with van der Waals surface area (Å²) in [6, 6.07) is 0. The first kappa shape index (κ1) is 54.5. The molecule has 8 heteroatoms. The molecule has 0 bridgehead atoms. The number of aliphatic hydroxyl groups excluding tert-OH is 5. The Hall–Kier alpha value is -1.58. The van der Waals surface area contributed by atoms with Gasteiger partial charge in [-0.3, -0.25) is 0 Å². The van der Waals surface area contributed by atoms with Crippen LogP contribution in [0, 0.1) is 10.8 Å². The zero-order valence-electron chi connectivity index (χ0n) is 35.6. The minimum atomic E-state index is -0.710. The topological polar surface area (TPSA) is 145 Å². The quantitative estimate of drug-likeness (QED) is 0.0932. The summed E-state index contributed by atoms with van der Waals surface area (Å²) in [5, 5.41) is 44.7. The van der Waals surface area contributed by atoms with E-state index in [1.54, 1.807) is 0 Å². The highest BCUT2D eigenvalue weighted by Gasteiger charge is 2.28. The molecular formula is C46H88O8. The molecule has 0 amide bonds. The molecule has 0 aromatic carbocycles. The van der Waals surface area contributed by atoms with Crippen LogP contribution in [-0.4, -0.2) is 70.5 Å². The van der Waals surface area contributed by atoms with Crippen molar-refractivity contribution in [2.45, 2.75) is 213 Å². The van der Waals surface area contributed by atoms with Crippen LogP contribution in [0.1, 0.15) is 213 Å². The van der Waals surface area contributed by atoms with E-state index in [9.17, 15) is 19.8 Å². The summed E-state index contributed by atoms with van der Waals surface area (Å²) in [6.45, 7) is 11.2. The molecule has 3 rings (SSSR count). The highest BCUT2D eigenvalue weighted by atomic mass is 16.6. The molecule has 0 aromatic heterocycles. The highest BCUT2D eigenvalue weighted by molar-refractivity contribution is 6.00. The predicted octanol–water partition coefficient (Wildman–Crippen LogP) is 10.9. The van der Waals surface area contributed by atoms with Gasteiger partial charge in [-0.05, 0) is 33.1 Å². The van der Waals surface area contributed by atoms with Crippen molar-refractivity contribution in [3.63, 3.8) is 0 Å². The van der Waals surface area contributed by atoms with Crippen molar-refractivity contribution in [2.24, 2.45) is 10.8 Å². The molecule has 54 heavy (non-hydrogen) atoms. The molecule has 3 aliphatic carbocycles. The SMILES string of the molecule is C1CCCCCCCCC1.C1CCCCCCCCC1.C=C(C)C(=O)OC(=O)C(=C)C.CCC(CO)(CO)CO.OCC1(CO)CCCCCCCCC1. The van der Waals surface area contributed by atoms with E-state index in [4.69, 9.17) is 15.3 Å². The van der Waals surface area contributed by atoms with Crippen molar-refractivity contribution in [3.05, 3.63) is 24.3 Å². The normalized spacial score (nSPS) is 19.0. The Labute approximate surface area is 332 Å². The Balaban J connectivity index is 0. The number of esters is 2. The number of hydrogen-bond acceptors (Lipinski definition) is 8. The monoisotopic (exact) mass is 769 g/mol. The summed E-state index contributed by atoms with van der Waals surface area (Å²) < 4.78 is 4.30. The van der Waals surface area contributed by atoms with E-state index in [1.165, 1.54) is 187 Å². The molecule has 0 radical (unpaired) electrons. The van der Waals surface area contributed by atoms with Crippen LogP contribution in [0.15, 0.2) is 24.3 Å². The molecule has 0 aliphatic heterocycles. The molecule has 3 fully saturated rings. The van der Waals surface area contributed by atoms with Gasteiger partial charge >= 0.3 is 11.9 Å². The van der Waals surface area contributed by atoms with Gasteiger partial charge in [0.1, 0.15) is 0 Å². The third-order valence-corrected chi connectivity index (χ3v) is 11.2. The molecule has 0 saturated heterocycles. The Bertz CT molecular complexity index is 753. The van der Waals surface area contributed by atoms with Gasteiger partial charge in [-0.2, -0.15) is 0 Å². The van der Waals surface area contributed by atoms with Crippen LogP contribution in [-0.2, 0) is 14.3 Å². The van der Waals surface area contributed by atoms with Crippen LogP contribution in [0.2, 0.25) is 0 Å². The lowest BCUT2D eigenvalue weighted by Gasteiger charge is -2.30. The fourth-order valence-corrected chi connectivity index (χ4v) is 6.65. The molecule has 0 heterocycles. The maximum atomic E-state index is 10.7. The third kappa shape index (κ3) is 31.6. The maximum Gasteiger partial charge on any atom is 0.340 e. The summed E-state index contributed by atoms with van der Waals surface area (Å²) in [6.07, 6.45) is 41.5. The summed E-state index contributed by atoms with van der Waals surface area (Å²) in [5.41, 5.74) is -0.448. The van der Waals surface area contributed by atoms with E-state index in [1.807, 2.05) is 6.92 Å². The van der Waals surface area contributed by atoms with E-state index in [0.717, 1.165) is 12.8 Å². The van der Waals surface area contributed by atoms with E-state index in [2.05, 4.69) is 17.9 Å². The molecule has 3 saturated carbocycles. The van der Waals surface area contributed by atoms with Crippen molar-refractivity contribution in [3.8, 4) is 0 Å². The summed E-state index contributed by atoms with van der Waals surface area (Å²) in [4.78, 5) is 21.3. The molecule has 0 atom stereocenters. The second-order valence-electron chi connectivity index (χ2n) is 16.4. The Kier molecular flexibility index (Phi) is 38.7. The summed E-state index contributed by atoms with van der Waals surface area (Å²) in [5.74, 6) is -1.42.